The van der Waals surface area contributed by atoms with Gasteiger partial charge in [0.1, 0.15) is 6.61 Å². The Bertz CT molecular complexity index is 245. The van der Waals surface area contributed by atoms with Crippen molar-refractivity contribution in [1.29, 1.82) is 0 Å². The average molecular weight is 200 g/mol. The van der Waals surface area contributed by atoms with Crippen molar-refractivity contribution in [2.24, 2.45) is 5.41 Å². The molecule has 0 aromatic carbocycles. The minimum Gasteiger partial charge on any atom is -0.462 e. The summed E-state index contributed by atoms with van der Waals surface area (Å²) in [6.07, 6.45) is 0.336. The predicted molar refractivity (Wildman–Crippen MR) is 49.5 cm³/mol. The monoisotopic (exact) mass is 200 g/mol. The first-order valence-corrected chi connectivity index (χ1v) is 4.83. The zero-order valence-electron chi connectivity index (χ0n) is 8.83. The standard InChI is InChI=1S/C10H16O4/c1-4-5-7(11)14-8-9(12)13-6-10(8,2)3/h8H,4-6H2,1-3H3/t8-/m0/s1. The predicted octanol–water partition coefficient (Wildman–Crippen LogP) is 1.28. The number of carbonyl (C=O) groups excluding carboxylic acids is 2. The van der Waals surface area contributed by atoms with Gasteiger partial charge in [-0.2, -0.15) is 0 Å². The van der Waals surface area contributed by atoms with Crippen molar-refractivity contribution in [3.05, 3.63) is 0 Å². The van der Waals surface area contributed by atoms with Crippen molar-refractivity contribution < 1.29 is 19.1 Å². The summed E-state index contributed by atoms with van der Waals surface area (Å²) in [6.45, 7) is 5.90. The summed E-state index contributed by atoms with van der Waals surface area (Å²) in [5.74, 6) is -0.760. The minimum atomic E-state index is -0.735. The van der Waals surface area contributed by atoms with Gasteiger partial charge in [-0.1, -0.05) is 20.8 Å². The molecule has 1 saturated heterocycles. The fraction of sp³-hybridized carbons (Fsp3) is 0.800. The van der Waals surface area contributed by atoms with Gasteiger partial charge in [0.05, 0.1) is 0 Å². The number of ether oxygens (including phenoxy) is 2. The van der Waals surface area contributed by atoms with Gasteiger partial charge >= 0.3 is 11.9 Å². The summed E-state index contributed by atoms with van der Waals surface area (Å²) < 4.78 is 9.91. The van der Waals surface area contributed by atoms with Crippen molar-refractivity contribution in [3.63, 3.8) is 0 Å². The van der Waals surface area contributed by atoms with Crippen LogP contribution in [0.1, 0.15) is 33.6 Å². The maximum Gasteiger partial charge on any atom is 0.348 e. The van der Waals surface area contributed by atoms with Crippen LogP contribution in [0.2, 0.25) is 0 Å². The number of carbonyl (C=O) groups is 2. The van der Waals surface area contributed by atoms with E-state index in [0.717, 1.165) is 6.42 Å². The van der Waals surface area contributed by atoms with Crippen molar-refractivity contribution in [2.75, 3.05) is 6.61 Å². The first kappa shape index (κ1) is 11.0. The zero-order chi connectivity index (χ0) is 10.8. The molecule has 0 spiro atoms. The average Bonchev–Trinajstić information content (AvgIpc) is 2.32. The third-order valence-corrected chi connectivity index (χ3v) is 2.21. The van der Waals surface area contributed by atoms with Gasteiger partial charge in [-0.15, -0.1) is 0 Å². The molecule has 14 heavy (non-hydrogen) atoms. The summed E-state index contributed by atoms with van der Waals surface area (Å²) >= 11 is 0. The van der Waals surface area contributed by atoms with Crippen LogP contribution in [0.5, 0.6) is 0 Å². The maximum atomic E-state index is 11.2. The number of cyclic esters (lactones) is 1. The van der Waals surface area contributed by atoms with Crippen LogP contribution in [0.25, 0.3) is 0 Å². The van der Waals surface area contributed by atoms with Crippen molar-refractivity contribution in [3.8, 4) is 0 Å². The second kappa shape index (κ2) is 3.98. The highest BCUT2D eigenvalue weighted by Gasteiger charge is 2.46. The van der Waals surface area contributed by atoms with E-state index in [1.165, 1.54) is 0 Å². The van der Waals surface area contributed by atoms with E-state index in [1.807, 2.05) is 20.8 Å². The Balaban J connectivity index is 2.58. The normalized spacial score (nSPS) is 24.5. The van der Waals surface area contributed by atoms with Gasteiger partial charge in [-0.05, 0) is 6.42 Å². The highest BCUT2D eigenvalue weighted by atomic mass is 16.6. The van der Waals surface area contributed by atoms with Gasteiger partial charge in [0, 0.05) is 11.8 Å². The third kappa shape index (κ3) is 2.25. The molecule has 0 N–H and O–H groups in total. The first-order chi connectivity index (χ1) is 6.47. The number of esters is 2. The van der Waals surface area contributed by atoms with Crippen LogP contribution in [0, 0.1) is 5.41 Å². The second-order valence-corrected chi connectivity index (χ2v) is 4.22. The molecule has 0 amide bonds. The van der Waals surface area contributed by atoms with Gasteiger partial charge in [0.15, 0.2) is 0 Å². The summed E-state index contributed by atoms with van der Waals surface area (Å²) in [6, 6.07) is 0. The topological polar surface area (TPSA) is 52.6 Å². The van der Waals surface area contributed by atoms with Crippen LogP contribution in [-0.4, -0.2) is 24.6 Å². The Labute approximate surface area is 83.6 Å². The van der Waals surface area contributed by atoms with Crippen LogP contribution >= 0.6 is 0 Å². The summed E-state index contributed by atoms with van der Waals surface area (Å²) in [4.78, 5) is 22.4. The molecular weight excluding hydrogens is 184 g/mol. The molecule has 0 bridgehead atoms. The van der Waals surface area contributed by atoms with E-state index in [4.69, 9.17) is 9.47 Å². The van der Waals surface area contributed by atoms with Gasteiger partial charge in [0.2, 0.25) is 6.10 Å². The lowest BCUT2D eigenvalue weighted by atomic mass is 9.90. The number of hydrogen-bond donors (Lipinski definition) is 0. The van der Waals surface area contributed by atoms with Crippen LogP contribution < -0.4 is 0 Å². The molecule has 0 aromatic rings. The largest absolute Gasteiger partial charge is 0.462 e. The molecule has 1 fully saturated rings. The van der Waals surface area contributed by atoms with Crippen molar-refractivity contribution in [1.82, 2.24) is 0 Å². The lowest BCUT2D eigenvalue weighted by Gasteiger charge is -2.21. The molecule has 0 aliphatic carbocycles. The molecule has 4 heteroatoms. The van der Waals surface area contributed by atoms with Crippen LogP contribution in [0.3, 0.4) is 0 Å². The third-order valence-electron chi connectivity index (χ3n) is 2.21. The van der Waals surface area contributed by atoms with Gasteiger partial charge in [0.25, 0.3) is 0 Å². The first-order valence-electron chi connectivity index (χ1n) is 4.83. The Hall–Kier alpha value is -1.06. The minimum absolute atomic E-state index is 0.315. The summed E-state index contributed by atoms with van der Waals surface area (Å²) in [5.41, 5.74) is -0.402. The van der Waals surface area contributed by atoms with E-state index in [9.17, 15) is 9.59 Å². The Morgan fingerprint density at radius 3 is 2.71 bits per heavy atom. The quantitative estimate of drug-likeness (QED) is 0.644. The number of hydrogen-bond acceptors (Lipinski definition) is 4. The molecule has 0 radical (unpaired) electrons. The van der Waals surface area contributed by atoms with E-state index in [-0.39, 0.29) is 5.97 Å². The van der Waals surface area contributed by atoms with Crippen LogP contribution in [0.15, 0.2) is 0 Å². The molecule has 0 aromatic heterocycles. The van der Waals surface area contributed by atoms with E-state index >= 15 is 0 Å². The molecular formula is C10H16O4. The van der Waals surface area contributed by atoms with Crippen LogP contribution in [0.4, 0.5) is 0 Å². The smallest absolute Gasteiger partial charge is 0.348 e. The molecule has 0 unspecified atom stereocenters. The highest BCUT2D eigenvalue weighted by molar-refractivity contribution is 5.81. The Morgan fingerprint density at radius 2 is 2.29 bits per heavy atom. The van der Waals surface area contributed by atoms with E-state index in [2.05, 4.69) is 0 Å². The molecule has 80 valence electrons. The van der Waals surface area contributed by atoms with Gasteiger partial charge < -0.3 is 9.47 Å². The molecule has 1 heterocycles. The molecule has 4 nitrogen and oxygen atoms in total. The zero-order valence-corrected chi connectivity index (χ0v) is 8.83. The maximum absolute atomic E-state index is 11.2. The Kier molecular flexibility index (Phi) is 3.13. The second-order valence-electron chi connectivity index (χ2n) is 4.22. The lowest BCUT2D eigenvalue weighted by molar-refractivity contribution is -0.163. The van der Waals surface area contributed by atoms with Gasteiger partial charge in [-0.25, -0.2) is 4.79 Å². The molecule has 1 aliphatic rings. The fourth-order valence-electron chi connectivity index (χ4n) is 1.33. The fourth-order valence-corrected chi connectivity index (χ4v) is 1.33. The lowest BCUT2D eigenvalue weighted by Crippen LogP contribution is -2.34. The van der Waals surface area contributed by atoms with E-state index in [1.54, 1.807) is 0 Å². The SMILES string of the molecule is CCCC(=O)O[C@H]1C(=O)OCC1(C)C. The van der Waals surface area contributed by atoms with Gasteiger partial charge in [-0.3, -0.25) is 4.79 Å². The van der Waals surface area contributed by atoms with Crippen molar-refractivity contribution >= 4 is 11.9 Å². The molecule has 0 saturated carbocycles. The van der Waals surface area contributed by atoms with E-state index < -0.39 is 17.5 Å². The summed E-state index contributed by atoms with van der Waals surface area (Å²) in [5, 5.41) is 0. The number of rotatable bonds is 3. The molecule has 1 rings (SSSR count). The van der Waals surface area contributed by atoms with E-state index in [0.29, 0.717) is 13.0 Å². The molecule has 1 aliphatic heterocycles. The molecule has 1 atom stereocenters. The van der Waals surface area contributed by atoms with Crippen molar-refractivity contribution in [2.45, 2.75) is 39.7 Å². The van der Waals surface area contributed by atoms with Crippen LogP contribution in [-0.2, 0) is 19.1 Å². The highest BCUT2D eigenvalue weighted by Crippen LogP contribution is 2.31. The summed E-state index contributed by atoms with van der Waals surface area (Å²) in [7, 11) is 0. The Morgan fingerprint density at radius 1 is 1.64 bits per heavy atom.